The average molecular weight is 409 g/mol. The van der Waals surface area contributed by atoms with Crippen molar-refractivity contribution in [2.24, 2.45) is 4.99 Å². The molecule has 0 bridgehead atoms. The van der Waals surface area contributed by atoms with Crippen molar-refractivity contribution in [3.05, 3.63) is 77.9 Å². The third kappa shape index (κ3) is 7.62. The Hall–Kier alpha value is -3.28. The number of aliphatic imine (C=N–C) groups is 1. The molecule has 0 aliphatic heterocycles. The highest BCUT2D eigenvalue weighted by molar-refractivity contribution is 5.94. The molecule has 0 saturated heterocycles. The molecule has 0 heterocycles. The van der Waals surface area contributed by atoms with Crippen LogP contribution in [-0.4, -0.2) is 31.6 Å². The van der Waals surface area contributed by atoms with Gasteiger partial charge in [0.05, 0.1) is 6.54 Å². The third-order valence-corrected chi connectivity index (χ3v) is 4.26. The fourth-order valence-electron chi connectivity index (χ4n) is 2.78. The van der Waals surface area contributed by atoms with Crippen LogP contribution in [0.15, 0.2) is 66.2 Å². The van der Waals surface area contributed by atoms with Gasteiger partial charge in [-0.3, -0.25) is 4.79 Å². The van der Waals surface area contributed by atoms with Gasteiger partial charge in [-0.15, -0.1) is 0 Å². The number of amides is 1. The molecule has 2 aromatic carbocycles. The number of nitrogens with zero attached hydrogens (tertiary/aromatic N) is 1. The Morgan fingerprint density at radius 2 is 1.93 bits per heavy atom. The lowest BCUT2D eigenvalue weighted by molar-refractivity contribution is 0.0953. The number of guanidine groups is 1. The number of nitrogens with one attached hydrogen (secondary N) is 3. The number of ether oxygens (including phenoxy) is 1. The van der Waals surface area contributed by atoms with E-state index in [0.717, 1.165) is 29.8 Å². The van der Waals surface area contributed by atoms with Gasteiger partial charge in [0.15, 0.2) is 5.96 Å². The van der Waals surface area contributed by atoms with Crippen LogP contribution in [0.2, 0.25) is 0 Å². The summed E-state index contributed by atoms with van der Waals surface area (Å²) < 4.78 is 5.72. The first-order valence-electron chi connectivity index (χ1n) is 10.4. The third-order valence-electron chi connectivity index (χ3n) is 4.26. The normalized spacial score (nSPS) is 10.9. The van der Waals surface area contributed by atoms with Gasteiger partial charge in [0, 0.05) is 30.8 Å². The summed E-state index contributed by atoms with van der Waals surface area (Å²) in [6.45, 7) is 10.7. The van der Waals surface area contributed by atoms with Gasteiger partial charge in [0.2, 0.25) is 0 Å². The molecule has 0 aliphatic rings. The summed E-state index contributed by atoms with van der Waals surface area (Å²) in [4.78, 5) is 16.8. The van der Waals surface area contributed by atoms with Gasteiger partial charge in [0.25, 0.3) is 5.91 Å². The highest BCUT2D eigenvalue weighted by Crippen LogP contribution is 2.17. The summed E-state index contributed by atoms with van der Waals surface area (Å²) in [5.41, 5.74) is 2.67. The van der Waals surface area contributed by atoms with E-state index in [2.05, 4.69) is 27.5 Å². The topological polar surface area (TPSA) is 74.8 Å². The van der Waals surface area contributed by atoms with Crippen molar-refractivity contribution in [1.29, 1.82) is 0 Å². The number of hydrogen-bond acceptors (Lipinski definition) is 3. The molecule has 160 valence electrons. The minimum atomic E-state index is -0.0520. The summed E-state index contributed by atoms with van der Waals surface area (Å²) in [5.74, 6) is 1.48. The molecule has 0 fully saturated rings. The molecule has 0 saturated carbocycles. The van der Waals surface area contributed by atoms with Crippen molar-refractivity contribution in [1.82, 2.24) is 16.0 Å². The molecule has 1 amide bonds. The van der Waals surface area contributed by atoms with Crippen LogP contribution in [0.5, 0.6) is 5.75 Å². The standard InChI is InChI=1S/C24H32N4O2/c1-4-14-26-23(29)20-12-9-10-19(16-20)17-27-24(25-6-3)28-18-21-11-7-8-13-22(21)30-15-5-2/h5,7-13,16H,2,4,6,14-15,17-18H2,1,3H3,(H,26,29)(H2,25,27,28). The second kappa shape index (κ2) is 13.0. The van der Waals surface area contributed by atoms with E-state index in [1.54, 1.807) is 6.08 Å². The summed E-state index contributed by atoms with van der Waals surface area (Å²) >= 11 is 0. The number of benzene rings is 2. The van der Waals surface area contributed by atoms with Crippen molar-refractivity contribution in [3.63, 3.8) is 0 Å². The average Bonchev–Trinajstić information content (AvgIpc) is 2.78. The maximum absolute atomic E-state index is 12.2. The molecule has 6 heteroatoms. The Morgan fingerprint density at radius 1 is 1.10 bits per heavy atom. The van der Waals surface area contributed by atoms with E-state index in [0.29, 0.717) is 37.8 Å². The van der Waals surface area contributed by atoms with Crippen molar-refractivity contribution in [2.45, 2.75) is 33.4 Å². The first-order valence-corrected chi connectivity index (χ1v) is 10.4. The highest BCUT2D eigenvalue weighted by atomic mass is 16.5. The maximum atomic E-state index is 12.2. The van der Waals surface area contributed by atoms with Crippen LogP contribution in [0.25, 0.3) is 0 Å². The van der Waals surface area contributed by atoms with Gasteiger partial charge in [0.1, 0.15) is 12.4 Å². The van der Waals surface area contributed by atoms with Gasteiger partial charge < -0.3 is 20.7 Å². The lowest BCUT2D eigenvalue weighted by Crippen LogP contribution is -2.36. The molecular weight excluding hydrogens is 376 g/mol. The number of carbonyl (C=O) groups is 1. The second-order valence-corrected chi connectivity index (χ2v) is 6.71. The molecule has 6 nitrogen and oxygen atoms in total. The fourth-order valence-corrected chi connectivity index (χ4v) is 2.78. The minimum Gasteiger partial charge on any atom is -0.489 e. The monoisotopic (exact) mass is 408 g/mol. The lowest BCUT2D eigenvalue weighted by Gasteiger charge is -2.14. The molecule has 0 unspecified atom stereocenters. The van der Waals surface area contributed by atoms with Crippen LogP contribution in [0.4, 0.5) is 0 Å². The Bertz CT molecular complexity index is 849. The molecule has 2 aromatic rings. The van der Waals surface area contributed by atoms with Crippen molar-refractivity contribution < 1.29 is 9.53 Å². The number of hydrogen-bond donors (Lipinski definition) is 3. The summed E-state index contributed by atoms with van der Waals surface area (Å²) in [7, 11) is 0. The molecule has 0 atom stereocenters. The molecule has 2 rings (SSSR count). The maximum Gasteiger partial charge on any atom is 0.251 e. The highest BCUT2D eigenvalue weighted by Gasteiger charge is 2.06. The van der Waals surface area contributed by atoms with E-state index in [-0.39, 0.29) is 5.91 Å². The first kappa shape index (κ1) is 23.0. The zero-order valence-electron chi connectivity index (χ0n) is 17.9. The van der Waals surface area contributed by atoms with Crippen LogP contribution in [-0.2, 0) is 13.1 Å². The first-order chi connectivity index (χ1) is 14.7. The van der Waals surface area contributed by atoms with Gasteiger partial charge in [-0.05, 0) is 37.1 Å². The van der Waals surface area contributed by atoms with E-state index < -0.39 is 0 Å². The Balaban J connectivity index is 2.03. The fraction of sp³-hybridized carbons (Fsp3) is 0.333. The molecule has 0 aliphatic carbocycles. The largest absolute Gasteiger partial charge is 0.489 e. The molecule has 0 radical (unpaired) electrons. The Kier molecular flexibility index (Phi) is 10.00. The van der Waals surface area contributed by atoms with Crippen molar-refractivity contribution in [3.8, 4) is 5.75 Å². The Morgan fingerprint density at radius 3 is 2.70 bits per heavy atom. The second-order valence-electron chi connectivity index (χ2n) is 6.71. The van der Waals surface area contributed by atoms with Crippen LogP contribution in [0, 0.1) is 0 Å². The molecule has 0 spiro atoms. The van der Waals surface area contributed by atoms with Crippen LogP contribution < -0.4 is 20.7 Å². The summed E-state index contributed by atoms with van der Waals surface area (Å²) in [6, 6.07) is 15.5. The van der Waals surface area contributed by atoms with Crippen molar-refractivity contribution >= 4 is 11.9 Å². The van der Waals surface area contributed by atoms with E-state index in [9.17, 15) is 4.79 Å². The quantitative estimate of drug-likeness (QED) is 0.301. The zero-order chi connectivity index (χ0) is 21.6. The van der Waals surface area contributed by atoms with E-state index in [1.165, 1.54) is 0 Å². The van der Waals surface area contributed by atoms with E-state index in [1.807, 2.05) is 62.4 Å². The van der Waals surface area contributed by atoms with Crippen molar-refractivity contribution in [2.75, 3.05) is 19.7 Å². The number of rotatable bonds is 11. The molecule has 30 heavy (non-hydrogen) atoms. The zero-order valence-corrected chi connectivity index (χ0v) is 17.9. The lowest BCUT2D eigenvalue weighted by atomic mass is 10.1. The van der Waals surface area contributed by atoms with Crippen LogP contribution in [0.3, 0.4) is 0 Å². The summed E-state index contributed by atoms with van der Waals surface area (Å²) in [5, 5.41) is 9.50. The number of carbonyl (C=O) groups excluding carboxylic acids is 1. The number of para-hydroxylation sites is 1. The summed E-state index contributed by atoms with van der Waals surface area (Å²) in [6.07, 6.45) is 2.64. The van der Waals surface area contributed by atoms with E-state index >= 15 is 0 Å². The van der Waals surface area contributed by atoms with Crippen LogP contribution in [0.1, 0.15) is 41.8 Å². The Labute approximate surface area is 179 Å². The SMILES string of the molecule is C=CCOc1ccccc1CNC(=NCc1cccc(C(=O)NCCC)c1)NCC. The van der Waals surface area contributed by atoms with Gasteiger partial charge in [-0.2, -0.15) is 0 Å². The minimum absolute atomic E-state index is 0.0520. The van der Waals surface area contributed by atoms with Gasteiger partial charge in [-0.25, -0.2) is 4.99 Å². The van der Waals surface area contributed by atoms with Gasteiger partial charge in [-0.1, -0.05) is 49.9 Å². The predicted octanol–water partition coefficient (Wildman–Crippen LogP) is 3.65. The molecule has 3 N–H and O–H groups in total. The molecular formula is C24H32N4O2. The predicted molar refractivity (Wildman–Crippen MR) is 123 cm³/mol. The van der Waals surface area contributed by atoms with E-state index in [4.69, 9.17) is 4.74 Å². The van der Waals surface area contributed by atoms with Crippen LogP contribution >= 0.6 is 0 Å². The van der Waals surface area contributed by atoms with Gasteiger partial charge >= 0.3 is 0 Å². The smallest absolute Gasteiger partial charge is 0.251 e. The molecule has 0 aromatic heterocycles.